The Morgan fingerprint density at radius 3 is 2.52 bits per heavy atom. The first-order valence-electron chi connectivity index (χ1n) is 5.48. The Bertz CT molecular complexity index is 614. The average Bonchev–Trinajstić information content (AvgIpc) is 2.47. The Balaban J connectivity index is 3.17. The highest BCUT2D eigenvalue weighted by Gasteiger charge is 2.17. The number of ether oxygens (including phenoxy) is 2. The van der Waals surface area contributed by atoms with Crippen molar-refractivity contribution in [2.45, 2.75) is 0 Å². The third-order valence-electron chi connectivity index (χ3n) is 2.30. The summed E-state index contributed by atoms with van der Waals surface area (Å²) >= 11 is 0. The molecule has 1 rings (SSSR count). The summed E-state index contributed by atoms with van der Waals surface area (Å²) in [6.07, 6.45) is 0.740. The Labute approximate surface area is 118 Å². The van der Waals surface area contributed by atoms with Gasteiger partial charge in [0.25, 0.3) is 5.69 Å². The van der Waals surface area contributed by atoms with Gasteiger partial charge in [0.1, 0.15) is 11.5 Å². The maximum Gasteiger partial charge on any atom is 0.354 e. The highest BCUT2D eigenvalue weighted by molar-refractivity contribution is 5.98. The SMILES string of the molecule is COC(=O)/C=C(/Nc1cc([N+](=O)[O-])ccc1F)C(=O)OC. The minimum Gasteiger partial charge on any atom is -0.466 e. The van der Waals surface area contributed by atoms with E-state index in [4.69, 9.17) is 0 Å². The van der Waals surface area contributed by atoms with E-state index in [9.17, 15) is 24.1 Å². The van der Waals surface area contributed by atoms with E-state index >= 15 is 0 Å². The lowest BCUT2D eigenvalue weighted by atomic mass is 10.2. The van der Waals surface area contributed by atoms with Crippen molar-refractivity contribution in [1.29, 1.82) is 0 Å². The molecule has 0 atom stereocenters. The fourth-order valence-corrected chi connectivity index (χ4v) is 1.30. The van der Waals surface area contributed by atoms with Crippen molar-refractivity contribution in [3.05, 3.63) is 45.9 Å². The summed E-state index contributed by atoms with van der Waals surface area (Å²) in [5.41, 5.74) is -1.17. The first-order valence-corrected chi connectivity index (χ1v) is 5.48. The monoisotopic (exact) mass is 298 g/mol. The molecule has 1 N–H and O–H groups in total. The minimum atomic E-state index is -0.966. The number of esters is 2. The zero-order chi connectivity index (χ0) is 16.0. The summed E-state index contributed by atoms with van der Waals surface area (Å²) < 4.78 is 22.4. The number of rotatable bonds is 5. The summed E-state index contributed by atoms with van der Waals surface area (Å²) in [5.74, 6) is -2.69. The highest BCUT2D eigenvalue weighted by Crippen LogP contribution is 2.22. The van der Waals surface area contributed by atoms with Gasteiger partial charge in [-0.15, -0.1) is 0 Å². The van der Waals surface area contributed by atoms with Crippen LogP contribution in [0, 0.1) is 15.9 Å². The van der Waals surface area contributed by atoms with Crippen LogP contribution in [0.15, 0.2) is 30.0 Å². The van der Waals surface area contributed by atoms with Crippen LogP contribution in [0.1, 0.15) is 0 Å². The summed E-state index contributed by atoms with van der Waals surface area (Å²) in [6.45, 7) is 0. The van der Waals surface area contributed by atoms with Gasteiger partial charge in [0.05, 0.1) is 30.9 Å². The van der Waals surface area contributed by atoms with Crippen LogP contribution in [0.4, 0.5) is 15.8 Å². The first kappa shape index (κ1) is 16.1. The van der Waals surface area contributed by atoms with E-state index in [1.165, 1.54) is 0 Å². The fraction of sp³-hybridized carbons (Fsp3) is 0.167. The van der Waals surface area contributed by atoms with Crippen LogP contribution < -0.4 is 5.32 Å². The largest absolute Gasteiger partial charge is 0.466 e. The van der Waals surface area contributed by atoms with Gasteiger partial charge in [-0.3, -0.25) is 10.1 Å². The van der Waals surface area contributed by atoms with Gasteiger partial charge in [-0.05, 0) is 6.07 Å². The van der Waals surface area contributed by atoms with Gasteiger partial charge < -0.3 is 14.8 Å². The van der Waals surface area contributed by atoms with Gasteiger partial charge in [0, 0.05) is 12.1 Å². The number of nitro benzene ring substituents is 1. The Morgan fingerprint density at radius 1 is 1.33 bits per heavy atom. The zero-order valence-electron chi connectivity index (χ0n) is 11.1. The van der Waals surface area contributed by atoms with E-state index in [0.717, 1.165) is 38.5 Å². The number of carbonyl (C=O) groups is 2. The smallest absolute Gasteiger partial charge is 0.354 e. The predicted octanol–water partition coefficient (Wildman–Crippen LogP) is 1.38. The second-order valence-electron chi connectivity index (χ2n) is 3.62. The van der Waals surface area contributed by atoms with Crippen molar-refractivity contribution in [2.24, 2.45) is 0 Å². The molecule has 0 aliphatic carbocycles. The van der Waals surface area contributed by atoms with Crippen LogP contribution in [0.2, 0.25) is 0 Å². The lowest BCUT2D eigenvalue weighted by molar-refractivity contribution is -0.384. The second-order valence-corrected chi connectivity index (χ2v) is 3.62. The molecule has 1 aromatic rings. The summed E-state index contributed by atoms with van der Waals surface area (Å²) in [4.78, 5) is 32.5. The van der Waals surface area contributed by atoms with Gasteiger partial charge in [0.15, 0.2) is 0 Å². The quantitative estimate of drug-likeness (QED) is 0.378. The predicted molar refractivity (Wildman–Crippen MR) is 68.8 cm³/mol. The van der Waals surface area contributed by atoms with Crippen LogP contribution in [0.5, 0.6) is 0 Å². The van der Waals surface area contributed by atoms with Crippen LogP contribution in [0.3, 0.4) is 0 Å². The molecule has 0 heterocycles. The molecule has 0 aromatic heterocycles. The number of anilines is 1. The molecular weight excluding hydrogens is 287 g/mol. The molecule has 0 aliphatic heterocycles. The number of methoxy groups -OCH3 is 2. The molecule has 0 spiro atoms. The highest BCUT2D eigenvalue weighted by atomic mass is 19.1. The van der Waals surface area contributed by atoms with E-state index in [0.29, 0.717) is 0 Å². The molecule has 0 saturated carbocycles. The van der Waals surface area contributed by atoms with Crippen molar-refractivity contribution < 1.29 is 28.4 Å². The van der Waals surface area contributed by atoms with Crippen LogP contribution >= 0.6 is 0 Å². The van der Waals surface area contributed by atoms with Crippen LogP contribution in [-0.4, -0.2) is 31.1 Å². The van der Waals surface area contributed by atoms with E-state index in [1.54, 1.807) is 0 Å². The second kappa shape index (κ2) is 6.98. The van der Waals surface area contributed by atoms with Gasteiger partial charge in [0.2, 0.25) is 0 Å². The molecule has 0 saturated heterocycles. The number of hydrogen-bond acceptors (Lipinski definition) is 7. The van der Waals surface area contributed by atoms with Gasteiger partial charge in [-0.25, -0.2) is 14.0 Å². The van der Waals surface area contributed by atoms with Crippen molar-refractivity contribution >= 4 is 23.3 Å². The molecule has 21 heavy (non-hydrogen) atoms. The topological polar surface area (TPSA) is 108 Å². The number of hydrogen-bond donors (Lipinski definition) is 1. The Morgan fingerprint density at radius 2 is 2.00 bits per heavy atom. The number of nitro groups is 1. The normalized spacial score (nSPS) is 10.7. The molecule has 8 nitrogen and oxygen atoms in total. The number of nitrogens with one attached hydrogen (secondary N) is 1. The zero-order valence-corrected chi connectivity index (χ0v) is 11.1. The Kier molecular flexibility index (Phi) is 5.35. The van der Waals surface area contributed by atoms with Crippen LogP contribution in [-0.2, 0) is 19.1 Å². The number of benzene rings is 1. The van der Waals surface area contributed by atoms with Crippen molar-refractivity contribution in [3.63, 3.8) is 0 Å². The summed E-state index contributed by atoms with van der Waals surface area (Å²) in [7, 11) is 2.14. The third kappa shape index (κ3) is 4.27. The molecule has 9 heteroatoms. The van der Waals surface area contributed by atoms with Crippen molar-refractivity contribution in [1.82, 2.24) is 0 Å². The molecule has 0 amide bonds. The standard InChI is InChI=1S/C12H11FN2O6/c1-20-11(16)6-10(12(17)21-2)14-9-5-7(15(18)19)3-4-8(9)13/h3-6,14H,1-2H3/b10-6+. The summed E-state index contributed by atoms with van der Waals surface area (Å²) in [5, 5.41) is 12.9. The molecule has 0 unspecified atom stereocenters. The van der Waals surface area contributed by atoms with Crippen molar-refractivity contribution in [3.8, 4) is 0 Å². The van der Waals surface area contributed by atoms with E-state index in [2.05, 4.69) is 14.8 Å². The average molecular weight is 298 g/mol. The maximum absolute atomic E-state index is 13.6. The number of non-ortho nitro benzene ring substituents is 1. The lowest BCUT2D eigenvalue weighted by Crippen LogP contribution is -2.16. The molecule has 0 radical (unpaired) electrons. The van der Waals surface area contributed by atoms with E-state index < -0.39 is 28.4 Å². The minimum absolute atomic E-state index is 0.357. The van der Waals surface area contributed by atoms with Gasteiger partial charge >= 0.3 is 11.9 Å². The van der Waals surface area contributed by atoms with Crippen molar-refractivity contribution in [2.75, 3.05) is 19.5 Å². The van der Waals surface area contributed by atoms with Gasteiger partial charge in [-0.1, -0.05) is 0 Å². The van der Waals surface area contributed by atoms with E-state index in [-0.39, 0.29) is 11.4 Å². The lowest BCUT2D eigenvalue weighted by Gasteiger charge is -2.09. The summed E-state index contributed by atoms with van der Waals surface area (Å²) in [6, 6.07) is 2.69. The van der Waals surface area contributed by atoms with Crippen LogP contribution in [0.25, 0.3) is 0 Å². The first-order chi connectivity index (χ1) is 9.88. The molecular formula is C12H11FN2O6. The fourth-order valence-electron chi connectivity index (χ4n) is 1.30. The third-order valence-corrected chi connectivity index (χ3v) is 2.30. The Hall–Kier alpha value is -2.97. The number of halogens is 1. The van der Waals surface area contributed by atoms with E-state index in [1.807, 2.05) is 0 Å². The van der Waals surface area contributed by atoms with Gasteiger partial charge in [-0.2, -0.15) is 0 Å². The molecule has 0 fully saturated rings. The number of nitrogens with zero attached hydrogens (tertiary/aromatic N) is 1. The molecule has 112 valence electrons. The maximum atomic E-state index is 13.6. The number of carbonyl (C=O) groups excluding carboxylic acids is 2. The molecule has 0 aliphatic rings. The molecule has 0 bridgehead atoms. The molecule has 1 aromatic carbocycles.